The predicted octanol–water partition coefficient (Wildman–Crippen LogP) is 4.60. The minimum absolute atomic E-state index is 0.0352. The Kier molecular flexibility index (Phi) is 5.40. The third kappa shape index (κ3) is 4.36. The van der Waals surface area contributed by atoms with Crippen LogP contribution in [0.3, 0.4) is 0 Å². The lowest BCUT2D eigenvalue weighted by Gasteiger charge is -2.10. The topological polar surface area (TPSA) is 114 Å². The van der Waals surface area contributed by atoms with Crippen LogP contribution in [0.4, 0.5) is 10.1 Å². The zero-order chi connectivity index (χ0) is 22.8. The molecule has 0 amide bonds. The number of aromatic nitrogens is 5. The number of tetrazole rings is 1. The van der Waals surface area contributed by atoms with Gasteiger partial charge in [-0.3, -0.25) is 4.72 Å². The maximum absolute atomic E-state index is 14.1. The van der Waals surface area contributed by atoms with Crippen molar-refractivity contribution in [3.8, 4) is 33.2 Å². The Labute approximate surface area is 192 Å². The first kappa shape index (κ1) is 20.9. The van der Waals surface area contributed by atoms with Gasteiger partial charge in [-0.1, -0.05) is 42.5 Å². The zero-order valence-electron chi connectivity index (χ0n) is 16.8. The molecule has 0 spiro atoms. The molecule has 0 aliphatic rings. The van der Waals surface area contributed by atoms with Crippen molar-refractivity contribution >= 4 is 27.0 Å². The average molecular weight is 479 g/mol. The molecule has 3 aromatic carbocycles. The van der Waals surface area contributed by atoms with E-state index in [9.17, 15) is 12.8 Å². The van der Waals surface area contributed by atoms with E-state index in [4.69, 9.17) is 0 Å². The minimum Gasteiger partial charge on any atom is -0.280 e. The van der Waals surface area contributed by atoms with Crippen LogP contribution in [0.5, 0.6) is 0 Å². The van der Waals surface area contributed by atoms with Crippen molar-refractivity contribution < 1.29 is 12.8 Å². The van der Waals surface area contributed by atoms with E-state index in [-0.39, 0.29) is 16.3 Å². The summed E-state index contributed by atoms with van der Waals surface area (Å²) in [5, 5.41) is 15.9. The van der Waals surface area contributed by atoms with E-state index >= 15 is 0 Å². The molecule has 0 fully saturated rings. The van der Waals surface area contributed by atoms with Crippen LogP contribution in [0.1, 0.15) is 0 Å². The molecule has 0 saturated heterocycles. The first-order chi connectivity index (χ1) is 16.0. The van der Waals surface area contributed by atoms with Crippen LogP contribution in [-0.2, 0) is 10.0 Å². The van der Waals surface area contributed by atoms with E-state index < -0.39 is 15.8 Å². The van der Waals surface area contributed by atoms with Gasteiger partial charge in [-0.25, -0.2) is 17.8 Å². The number of rotatable bonds is 6. The van der Waals surface area contributed by atoms with E-state index in [0.29, 0.717) is 5.69 Å². The lowest BCUT2D eigenvalue weighted by molar-refractivity contribution is 0.600. The Hall–Kier alpha value is -3.96. The summed E-state index contributed by atoms with van der Waals surface area (Å²) in [5.74, 6) is -0.690. The summed E-state index contributed by atoms with van der Waals surface area (Å²) in [6.45, 7) is 0. The quantitative estimate of drug-likeness (QED) is 0.369. The molecule has 0 radical (unpaired) electrons. The average Bonchev–Trinajstić information content (AvgIpc) is 3.53. The summed E-state index contributed by atoms with van der Waals surface area (Å²) >= 11 is 1.54. The van der Waals surface area contributed by atoms with Crippen LogP contribution in [0.2, 0.25) is 0 Å². The molecule has 5 rings (SSSR count). The van der Waals surface area contributed by atoms with Crippen molar-refractivity contribution in [2.24, 2.45) is 0 Å². The van der Waals surface area contributed by atoms with Gasteiger partial charge in [0.25, 0.3) is 10.0 Å². The van der Waals surface area contributed by atoms with Gasteiger partial charge in [-0.05, 0) is 35.5 Å². The number of halogens is 1. The molecule has 0 atom stereocenters. The summed E-state index contributed by atoms with van der Waals surface area (Å²) in [4.78, 5) is 4.54. The van der Waals surface area contributed by atoms with Gasteiger partial charge in [0.05, 0.1) is 16.2 Å². The zero-order valence-corrected chi connectivity index (χ0v) is 18.4. The number of hydrogen-bond acceptors (Lipinski definition) is 7. The lowest BCUT2D eigenvalue weighted by atomic mass is 10.1. The predicted molar refractivity (Wildman–Crippen MR) is 123 cm³/mol. The Bertz CT molecular complexity index is 1500. The van der Waals surface area contributed by atoms with Gasteiger partial charge in [0.15, 0.2) is 0 Å². The number of anilines is 1. The van der Waals surface area contributed by atoms with Crippen LogP contribution >= 0.6 is 11.3 Å². The Morgan fingerprint density at radius 2 is 1.73 bits per heavy atom. The van der Waals surface area contributed by atoms with Crippen LogP contribution in [0, 0.1) is 5.82 Å². The number of nitrogens with zero attached hydrogens (tertiary/aromatic N) is 4. The second kappa shape index (κ2) is 8.52. The van der Waals surface area contributed by atoms with Crippen molar-refractivity contribution in [3.63, 3.8) is 0 Å². The van der Waals surface area contributed by atoms with Gasteiger partial charge in [-0.2, -0.15) is 5.21 Å². The molecular formula is C22H15FN6O2S2. The number of aromatic amines is 1. The fourth-order valence-corrected chi connectivity index (χ4v) is 5.08. The van der Waals surface area contributed by atoms with Crippen molar-refractivity contribution in [2.75, 3.05) is 4.72 Å². The maximum atomic E-state index is 14.1. The van der Waals surface area contributed by atoms with Crippen molar-refractivity contribution in [1.29, 1.82) is 0 Å². The number of nitrogens with one attached hydrogen (secondary N) is 2. The van der Waals surface area contributed by atoms with E-state index in [1.165, 1.54) is 6.07 Å². The maximum Gasteiger partial charge on any atom is 0.261 e. The second-order valence-electron chi connectivity index (χ2n) is 6.96. The van der Waals surface area contributed by atoms with Gasteiger partial charge in [0, 0.05) is 22.2 Å². The summed E-state index contributed by atoms with van der Waals surface area (Å²) < 4.78 is 42.3. The summed E-state index contributed by atoms with van der Waals surface area (Å²) in [6, 6.07) is 20.1. The van der Waals surface area contributed by atoms with E-state index in [1.807, 2.05) is 35.7 Å². The monoisotopic (exact) mass is 478 g/mol. The minimum atomic E-state index is -3.97. The molecule has 2 aromatic heterocycles. The second-order valence-corrected chi connectivity index (χ2v) is 9.50. The highest BCUT2D eigenvalue weighted by atomic mass is 32.2. The smallest absolute Gasteiger partial charge is 0.261 e. The molecular weight excluding hydrogens is 463 g/mol. The summed E-state index contributed by atoms with van der Waals surface area (Å²) in [5.41, 5.74) is 2.99. The molecule has 0 aliphatic carbocycles. The standard InChI is InChI=1S/C22H15FN6O2S2/c23-19-11-10-17(12-18(19)21-25-28-29-26-21)33(30,31)27-16-8-6-14(7-9-16)20-13-32-22(24-20)15-4-2-1-3-5-15/h1-13,27H,(H,25,26,28,29). The van der Waals surface area contributed by atoms with Crippen molar-refractivity contribution in [2.45, 2.75) is 4.90 Å². The van der Waals surface area contributed by atoms with Gasteiger partial charge < -0.3 is 0 Å². The molecule has 2 heterocycles. The van der Waals surface area contributed by atoms with Gasteiger partial charge in [0.1, 0.15) is 10.8 Å². The van der Waals surface area contributed by atoms with E-state index in [2.05, 4.69) is 30.3 Å². The third-order valence-corrected chi connectivity index (χ3v) is 7.06. The van der Waals surface area contributed by atoms with Crippen LogP contribution in [0.25, 0.3) is 33.2 Å². The highest BCUT2D eigenvalue weighted by Crippen LogP contribution is 2.30. The number of thiazole rings is 1. The highest BCUT2D eigenvalue weighted by molar-refractivity contribution is 7.92. The molecule has 8 nitrogen and oxygen atoms in total. The lowest BCUT2D eigenvalue weighted by Crippen LogP contribution is -2.13. The molecule has 0 unspecified atom stereocenters. The first-order valence-corrected chi connectivity index (χ1v) is 12.0. The Balaban J connectivity index is 1.36. The number of benzene rings is 3. The first-order valence-electron chi connectivity index (χ1n) is 9.67. The molecule has 5 aromatic rings. The Morgan fingerprint density at radius 1 is 0.939 bits per heavy atom. The van der Waals surface area contributed by atoms with Gasteiger partial charge in [-0.15, -0.1) is 21.5 Å². The molecule has 0 aliphatic heterocycles. The van der Waals surface area contributed by atoms with Gasteiger partial charge >= 0.3 is 0 Å². The molecule has 0 bridgehead atoms. The molecule has 0 saturated carbocycles. The Morgan fingerprint density at radius 3 is 2.45 bits per heavy atom. The van der Waals surface area contributed by atoms with Crippen LogP contribution in [-0.4, -0.2) is 34.0 Å². The van der Waals surface area contributed by atoms with Crippen molar-refractivity contribution in [1.82, 2.24) is 25.6 Å². The summed E-state index contributed by atoms with van der Waals surface area (Å²) in [6.07, 6.45) is 0. The van der Waals surface area contributed by atoms with Crippen LogP contribution < -0.4 is 4.72 Å². The number of hydrogen-bond donors (Lipinski definition) is 2. The highest BCUT2D eigenvalue weighted by Gasteiger charge is 2.19. The van der Waals surface area contributed by atoms with Gasteiger partial charge in [0.2, 0.25) is 5.82 Å². The third-order valence-electron chi connectivity index (χ3n) is 4.79. The SMILES string of the molecule is O=S(=O)(Nc1ccc(-c2csc(-c3ccccc3)n2)cc1)c1ccc(F)c(-c2nn[nH]n2)c1. The largest absolute Gasteiger partial charge is 0.280 e. The van der Waals surface area contributed by atoms with Crippen LogP contribution in [0.15, 0.2) is 83.1 Å². The molecule has 164 valence electrons. The number of H-pyrrole nitrogens is 1. The van der Waals surface area contributed by atoms with E-state index in [0.717, 1.165) is 34.0 Å². The number of sulfonamides is 1. The normalized spacial score (nSPS) is 11.4. The van der Waals surface area contributed by atoms with Crippen molar-refractivity contribution in [3.05, 3.63) is 84.0 Å². The fourth-order valence-electron chi connectivity index (χ4n) is 3.16. The molecule has 2 N–H and O–H groups in total. The molecule has 11 heteroatoms. The fraction of sp³-hybridized carbons (Fsp3) is 0. The summed E-state index contributed by atoms with van der Waals surface area (Å²) in [7, 11) is -3.97. The van der Waals surface area contributed by atoms with E-state index in [1.54, 1.807) is 35.6 Å². The molecule has 33 heavy (non-hydrogen) atoms.